The largest absolute Gasteiger partial charge is 0.380 e. The number of imidazole rings is 1. The van der Waals surface area contributed by atoms with Gasteiger partial charge in [-0.3, -0.25) is 0 Å². The Hall–Kier alpha value is -1.39. The first-order valence-corrected chi connectivity index (χ1v) is 7.39. The number of ether oxygens (including phenoxy) is 1. The van der Waals surface area contributed by atoms with Gasteiger partial charge >= 0.3 is 0 Å². The Bertz CT molecular complexity index is 534. The van der Waals surface area contributed by atoms with E-state index >= 15 is 0 Å². The van der Waals surface area contributed by atoms with Crippen molar-refractivity contribution >= 4 is 5.65 Å². The van der Waals surface area contributed by atoms with Crippen molar-refractivity contribution in [1.29, 1.82) is 0 Å². The molecule has 0 aliphatic carbocycles. The molecule has 1 N–H and O–H groups in total. The molecule has 0 radical (unpaired) electrons. The SMILES string of the molecule is Cc1nc2ccccn2c1CNCCOCCC(C)C. The van der Waals surface area contributed by atoms with E-state index < -0.39 is 0 Å². The van der Waals surface area contributed by atoms with Gasteiger partial charge in [-0.1, -0.05) is 19.9 Å². The van der Waals surface area contributed by atoms with Crippen LogP contribution in [0.15, 0.2) is 24.4 Å². The average Bonchev–Trinajstić information content (AvgIpc) is 2.73. The zero-order valence-electron chi connectivity index (χ0n) is 12.7. The third kappa shape index (κ3) is 4.05. The third-order valence-corrected chi connectivity index (χ3v) is 3.38. The maximum Gasteiger partial charge on any atom is 0.137 e. The Kier molecular flexibility index (Phi) is 5.56. The maximum absolute atomic E-state index is 5.60. The van der Waals surface area contributed by atoms with Gasteiger partial charge in [0.05, 0.1) is 18.0 Å². The predicted octanol–water partition coefficient (Wildman–Crippen LogP) is 2.80. The molecule has 2 heterocycles. The van der Waals surface area contributed by atoms with Crippen LogP contribution in [-0.4, -0.2) is 29.1 Å². The van der Waals surface area contributed by atoms with Gasteiger partial charge < -0.3 is 14.5 Å². The summed E-state index contributed by atoms with van der Waals surface area (Å²) in [5.74, 6) is 0.712. The van der Waals surface area contributed by atoms with Crippen LogP contribution < -0.4 is 5.32 Å². The van der Waals surface area contributed by atoms with E-state index in [1.54, 1.807) is 0 Å². The molecule has 20 heavy (non-hydrogen) atoms. The van der Waals surface area contributed by atoms with Gasteiger partial charge in [-0.25, -0.2) is 4.98 Å². The molecule has 0 atom stereocenters. The Labute approximate surface area is 121 Å². The molecule has 0 aliphatic rings. The molecule has 2 rings (SSSR count). The number of nitrogens with zero attached hydrogens (tertiary/aromatic N) is 2. The second kappa shape index (κ2) is 7.41. The number of aryl methyl sites for hydroxylation is 1. The minimum Gasteiger partial charge on any atom is -0.380 e. The molecule has 0 saturated carbocycles. The van der Waals surface area contributed by atoms with Crippen molar-refractivity contribution in [2.24, 2.45) is 5.92 Å². The van der Waals surface area contributed by atoms with Crippen LogP contribution in [0.3, 0.4) is 0 Å². The molecule has 0 aromatic carbocycles. The van der Waals surface area contributed by atoms with Gasteiger partial charge in [0.25, 0.3) is 0 Å². The normalized spacial score (nSPS) is 11.6. The smallest absolute Gasteiger partial charge is 0.137 e. The summed E-state index contributed by atoms with van der Waals surface area (Å²) in [6, 6.07) is 6.08. The Balaban J connectivity index is 1.75. The van der Waals surface area contributed by atoms with Crippen LogP contribution >= 0.6 is 0 Å². The summed E-state index contributed by atoms with van der Waals surface area (Å²) < 4.78 is 7.74. The Morgan fingerprint density at radius 2 is 2.15 bits per heavy atom. The minimum atomic E-state index is 0.712. The fraction of sp³-hybridized carbons (Fsp3) is 0.562. The average molecular weight is 275 g/mol. The van der Waals surface area contributed by atoms with Gasteiger partial charge in [0.2, 0.25) is 0 Å². The summed E-state index contributed by atoms with van der Waals surface area (Å²) in [5.41, 5.74) is 3.32. The van der Waals surface area contributed by atoms with Gasteiger partial charge in [-0.15, -0.1) is 0 Å². The molecule has 110 valence electrons. The van der Waals surface area contributed by atoms with Crippen LogP contribution in [0.5, 0.6) is 0 Å². The van der Waals surface area contributed by atoms with Crippen molar-refractivity contribution in [3.8, 4) is 0 Å². The van der Waals surface area contributed by atoms with Crippen LogP contribution in [0.2, 0.25) is 0 Å². The maximum atomic E-state index is 5.60. The summed E-state index contributed by atoms with van der Waals surface area (Å²) in [5, 5.41) is 3.42. The summed E-state index contributed by atoms with van der Waals surface area (Å²) in [6.45, 7) is 9.81. The lowest BCUT2D eigenvalue weighted by molar-refractivity contribution is 0.125. The first-order chi connectivity index (χ1) is 9.68. The number of aromatic nitrogens is 2. The highest BCUT2D eigenvalue weighted by atomic mass is 16.5. The van der Waals surface area contributed by atoms with Gasteiger partial charge in [-0.05, 0) is 31.4 Å². The number of hydrogen-bond acceptors (Lipinski definition) is 3. The monoisotopic (exact) mass is 275 g/mol. The molecule has 0 saturated heterocycles. The Morgan fingerprint density at radius 1 is 1.30 bits per heavy atom. The fourth-order valence-corrected chi connectivity index (χ4v) is 2.15. The molecular weight excluding hydrogens is 250 g/mol. The number of rotatable bonds is 8. The van der Waals surface area contributed by atoms with Crippen LogP contribution in [0.25, 0.3) is 5.65 Å². The van der Waals surface area contributed by atoms with E-state index in [4.69, 9.17) is 4.74 Å². The lowest BCUT2D eigenvalue weighted by Crippen LogP contribution is -2.21. The molecule has 0 fully saturated rings. The van der Waals surface area contributed by atoms with E-state index in [-0.39, 0.29) is 0 Å². The van der Waals surface area contributed by atoms with Crippen LogP contribution in [0.1, 0.15) is 31.7 Å². The summed E-state index contributed by atoms with van der Waals surface area (Å²) in [4.78, 5) is 4.55. The lowest BCUT2D eigenvalue weighted by Gasteiger charge is -2.08. The van der Waals surface area contributed by atoms with Crippen LogP contribution in [0, 0.1) is 12.8 Å². The highest BCUT2D eigenvalue weighted by Crippen LogP contribution is 2.11. The van der Waals surface area contributed by atoms with Gasteiger partial charge in [0.1, 0.15) is 5.65 Å². The molecular formula is C16H25N3O. The van der Waals surface area contributed by atoms with Gasteiger partial charge in [0.15, 0.2) is 0 Å². The van der Waals surface area contributed by atoms with E-state index in [1.165, 1.54) is 5.69 Å². The van der Waals surface area contributed by atoms with Crippen LogP contribution in [0.4, 0.5) is 0 Å². The zero-order chi connectivity index (χ0) is 14.4. The lowest BCUT2D eigenvalue weighted by atomic mass is 10.1. The molecule has 0 aliphatic heterocycles. The Morgan fingerprint density at radius 3 is 2.95 bits per heavy atom. The number of fused-ring (bicyclic) bond motifs is 1. The van der Waals surface area contributed by atoms with Crippen molar-refractivity contribution in [1.82, 2.24) is 14.7 Å². The molecule has 0 unspecified atom stereocenters. The topological polar surface area (TPSA) is 38.6 Å². The molecule has 2 aromatic heterocycles. The van der Waals surface area contributed by atoms with Crippen LogP contribution in [-0.2, 0) is 11.3 Å². The van der Waals surface area contributed by atoms with Crippen molar-refractivity contribution in [2.75, 3.05) is 19.8 Å². The second-order valence-corrected chi connectivity index (χ2v) is 5.54. The van der Waals surface area contributed by atoms with E-state index in [0.717, 1.165) is 44.1 Å². The molecule has 4 heteroatoms. The molecule has 0 spiro atoms. The van der Waals surface area contributed by atoms with Crippen molar-refractivity contribution in [3.63, 3.8) is 0 Å². The molecule has 2 aromatic rings. The number of pyridine rings is 1. The van der Waals surface area contributed by atoms with Crippen molar-refractivity contribution in [3.05, 3.63) is 35.8 Å². The highest BCUT2D eigenvalue weighted by Gasteiger charge is 2.06. The number of hydrogen-bond donors (Lipinski definition) is 1. The van der Waals surface area contributed by atoms with Gasteiger partial charge in [0, 0.05) is 25.9 Å². The minimum absolute atomic E-state index is 0.712. The first kappa shape index (κ1) is 15.0. The van der Waals surface area contributed by atoms with Gasteiger partial charge in [-0.2, -0.15) is 0 Å². The van der Waals surface area contributed by atoms with E-state index in [1.807, 2.05) is 18.2 Å². The van der Waals surface area contributed by atoms with E-state index in [0.29, 0.717) is 5.92 Å². The molecule has 0 amide bonds. The quantitative estimate of drug-likeness (QED) is 0.753. The predicted molar refractivity (Wildman–Crippen MR) is 81.9 cm³/mol. The molecule has 0 bridgehead atoms. The summed E-state index contributed by atoms with van der Waals surface area (Å²) in [6.07, 6.45) is 3.19. The highest BCUT2D eigenvalue weighted by molar-refractivity contribution is 5.42. The van der Waals surface area contributed by atoms with E-state index in [9.17, 15) is 0 Å². The standard InChI is InChI=1S/C16H25N3O/c1-13(2)7-10-20-11-8-17-12-15-14(3)18-16-6-4-5-9-19(15)16/h4-6,9,13,17H,7-8,10-12H2,1-3H3. The van der Waals surface area contributed by atoms with Crippen molar-refractivity contribution in [2.45, 2.75) is 33.7 Å². The summed E-state index contributed by atoms with van der Waals surface area (Å²) in [7, 11) is 0. The number of nitrogens with one attached hydrogen (secondary N) is 1. The summed E-state index contributed by atoms with van der Waals surface area (Å²) >= 11 is 0. The van der Waals surface area contributed by atoms with Crippen molar-refractivity contribution < 1.29 is 4.74 Å². The third-order valence-electron chi connectivity index (χ3n) is 3.38. The first-order valence-electron chi connectivity index (χ1n) is 7.39. The molecule has 4 nitrogen and oxygen atoms in total. The fourth-order valence-electron chi connectivity index (χ4n) is 2.15. The van der Waals surface area contributed by atoms with E-state index in [2.05, 4.69) is 41.7 Å². The zero-order valence-corrected chi connectivity index (χ0v) is 12.7. The second-order valence-electron chi connectivity index (χ2n) is 5.54.